The third-order valence-corrected chi connectivity index (χ3v) is 11.2. The molecule has 7 heteroatoms. The molecule has 1 aromatic heterocycles. The summed E-state index contributed by atoms with van der Waals surface area (Å²) in [6, 6.07) is 3.16. The minimum atomic E-state index is -1.00. The predicted molar refractivity (Wildman–Crippen MR) is 116 cm³/mol. The van der Waals surface area contributed by atoms with Crippen LogP contribution in [0.15, 0.2) is 27.6 Å². The monoisotopic (exact) mass is 458 g/mol. The first-order valence-corrected chi connectivity index (χ1v) is 12.6. The van der Waals surface area contributed by atoms with Gasteiger partial charge >= 0.3 is 5.63 Å². The number of hydrogen-bond donors (Lipinski definition) is 2. The largest absolute Gasteiger partial charge is 0.431 e. The van der Waals surface area contributed by atoms with Gasteiger partial charge in [-0.3, -0.25) is 0 Å². The molecule has 8 rings (SSSR count). The Labute approximate surface area is 193 Å². The van der Waals surface area contributed by atoms with Crippen LogP contribution < -0.4 is 5.63 Å². The van der Waals surface area contributed by atoms with Crippen LogP contribution in [-0.2, 0) is 14.2 Å². The molecule has 7 fully saturated rings. The lowest BCUT2D eigenvalue weighted by Crippen LogP contribution is -2.79. The predicted octanol–water partition coefficient (Wildman–Crippen LogP) is 3.07. The maximum absolute atomic E-state index is 12.4. The second-order valence-electron chi connectivity index (χ2n) is 12.3. The smallest absolute Gasteiger partial charge is 0.335 e. The quantitative estimate of drug-likeness (QED) is 0.667. The van der Waals surface area contributed by atoms with Crippen molar-refractivity contribution in [3.8, 4) is 0 Å². The molecule has 4 heterocycles. The Morgan fingerprint density at radius 3 is 2.55 bits per heavy atom. The highest BCUT2D eigenvalue weighted by Gasteiger charge is 2.78. The van der Waals surface area contributed by atoms with Crippen LogP contribution in [0.2, 0.25) is 0 Å². The molecule has 4 saturated carbocycles. The van der Waals surface area contributed by atoms with Crippen LogP contribution in [-0.4, -0.2) is 45.7 Å². The van der Waals surface area contributed by atoms with Gasteiger partial charge < -0.3 is 28.8 Å². The second kappa shape index (κ2) is 6.11. The average Bonchev–Trinajstić information content (AvgIpc) is 2.94. The fourth-order valence-electron chi connectivity index (χ4n) is 9.83. The van der Waals surface area contributed by atoms with Crippen LogP contribution in [0.5, 0.6) is 0 Å². The molecule has 0 aromatic carbocycles. The van der Waals surface area contributed by atoms with Gasteiger partial charge in [-0.1, -0.05) is 13.8 Å². The van der Waals surface area contributed by atoms with Gasteiger partial charge in [0.05, 0.1) is 35.8 Å². The first-order chi connectivity index (χ1) is 15.5. The van der Waals surface area contributed by atoms with Crippen LogP contribution in [0.4, 0.5) is 0 Å². The van der Waals surface area contributed by atoms with Gasteiger partial charge in [0.15, 0.2) is 0 Å². The van der Waals surface area contributed by atoms with E-state index in [1.165, 1.54) is 12.3 Å². The van der Waals surface area contributed by atoms with E-state index in [1.54, 1.807) is 6.07 Å². The molecule has 0 radical (unpaired) electrons. The van der Waals surface area contributed by atoms with Crippen molar-refractivity contribution in [3.63, 3.8) is 0 Å². The first kappa shape index (κ1) is 21.1. The van der Waals surface area contributed by atoms with Crippen LogP contribution in [0.1, 0.15) is 77.2 Å². The summed E-state index contributed by atoms with van der Waals surface area (Å²) in [4.78, 5) is 11.5. The van der Waals surface area contributed by atoms with Gasteiger partial charge in [-0.2, -0.15) is 0 Å². The van der Waals surface area contributed by atoms with Crippen LogP contribution >= 0.6 is 0 Å². The van der Waals surface area contributed by atoms with Gasteiger partial charge in [-0.25, -0.2) is 4.79 Å². The Kier molecular flexibility index (Phi) is 3.90. The van der Waals surface area contributed by atoms with E-state index in [2.05, 4.69) is 13.8 Å². The van der Waals surface area contributed by atoms with Crippen LogP contribution in [0, 0.1) is 22.7 Å². The van der Waals surface area contributed by atoms with E-state index < -0.39 is 28.7 Å². The van der Waals surface area contributed by atoms with E-state index in [4.69, 9.17) is 18.6 Å². The Balaban J connectivity index is 1.29. The van der Waals surface area contributed by atoms with Gasteiger partial charge in [-0.15, -0.1) is 0 Å². The number of aliphatic hydroxyl groups excluding tert-OH is 1. The fourth-order valence-corrected chi connectivity index (χ4v) is 9.83. The summed E-state index contributed by atoms with van der Waals surface area (Å²) in [5.74, 6) is -0.919. The van der Waals surface area contributed by atoms with Gasteiger partial charge in [0.1, 0.15) is 0 Å². The standard InChI is InChI=1S/C26H34O7/c1-22-8-6-16-17(26(22,29)12-18(27)21(22)14-4-5-20(28)30-13-14)7-9-25-11-15-10-19(23(16,25)2)32-24(3,31-15)33-25/h4-5,13,15-19,21,27,29H,6-12H2,1-3H3/t15-,16?,17+,18-,19+,21-,22+,23-,24+,25-,26-/m0/s1. The highest BCUT2D eigenvalue weighted by molar-refractivity contribution is 5.31. The molecule has 4 bridgehead atoms. The normalized spacial score (nSPS) is 58.6. The zero-order valence-corrected chi connectivity index (χ0v) is 19.6. The van der Waals surface area contributed by atoms with Crippen molar-refractivity contribution in [1.82, 2.24) is 0 Å². The van der Waals surface area contributed by atoms with Gasteiger partial charge in [-0.05, 0) is 49.1 Å². The third-order valence-electron chi connectivity index (χ3n) is 11.2. The molecule has 7 aliphatic rings. The molecule has 3 aliphatic heterocycles. The molecule has 3 saturated heterocycles. The zero-order chi connectivity index (χ0) is 23.0. The Morgan fingerprint density at radius 2 is 1.82 bits per heavy atom. The number of rotatable bonds is 1. The molecule has 4 aliphatic carbocycles. The second-order valence-corrected chi connectivity index (χ2v) is 12.3. The van der Waals surface area contributed by atoms with Gasteiger partial charge in [0, 0.05) is 49.0 Å². The molecule has 1 aromatic rings. The van der Waals surface area contributed by atoms with E-state index in [9.17, 15) is 15.0 Å². The highest BCUT2D eigenvalue weighted by atomic mass is 16.9. The lowest BCUT2D eigenvalue weighted by atomic mass is 9.40. The van der Waals surface area contributed by atoms with E-state index in [0.29, 0.717) is 6.42 Å². The number of ether oxygens (including phenoxy) is 3. The van der Waals surface area contributed by atoms with Crippen molar-refractivity contribution in [3.05, 3.63) is 34.4 Å². The van der Waals surface area contributed by atoms with E-state index in [0.717, 1.165) is 44.1 Å². The average molecular weight is 459 g/mol. The topological polar surface area (TPSA) is 98.4 Å². The minimum Gasteiger partial charge on any atom is -0.431 e. The molecule has 2 N–H and O–H groups in total. The van der Waals surface area contributed by atoms with Crippen molar-refractivity contribution < 1.29 is 28.8 Å². The molecular weight excluding hydrogens is 424 g/mol. The molecule has 33 heavy (non-hydrogen) atoms. The minimum absolute atomic E-state index is 0.0510. The summed E-state index contributed by atoms with van der Waals surface area (Å²) < 4.78 is 24.2. The van der Waals surface area contributed by atoms with Crippen molar-refractivity contribution in [2.45, 2.75) is 107 Å². The number of hydrogen-bond acceptors (Lipinski definition) is 7. The van der Waals surface area contributed by atoms with Crippen molar-refractivity contribution in [1.29, 1.82) is 0 Å². The molecule has 11 atom stereocenters. The summed E-state index contributed by atoms with van der Waals surface area (Å²) >= 11 is 0. The summed E-state index contributed by atoms with van der Waals surface area (Å²) in [5, 5.41) is 23.7. The summed E-state index contributed by atoms with van der Waals surface area (Å²) in [6.07, 6.45) is 6.61. The molecule has 7 nitrogen and oxygen atoms in total. The lowest BCUT2D eigenvalue weighted by Gasteiger charge is -2.74. The van der Waals surface area contributed by atoms with Crippen molar-refractivity contribution in [2.24, 2.45) is 22.7 Å². The maximum atomic E-state index is 12.4. The number of fused-ring (bicyclic) bond motifs is 3. The Morgan fingerprint density at radius 1 is 1.03 bits per heavy atom. The number of aliphatic hydroxyl groups is 2. The SMILES string of the molecule is C[C@@]12O[C@H]3C[C@@H](O1)[C@]1(C)C4CC[C@]5(C)[C@@H](c6ccc(=O)oc6)[C@@H](O)C[C@]5(O)[C@@H]4CC[C@@]1(C3)O2. The molecule has 1 spiro atoms. The first-order valence-electron chi connectivity index (χ1n) is 12.6. The summed E-state index contributed by atoms with van der Waals surface area (Å²) in [5.41, 5.74) is -1.59. The van der Waals surface area contributed by atoms with Crippen molar-refractivity contribution >= 4 is 0 Å². The molecule has 180 valence electrons. The van der Waals surface area contributed by atoms with Gasteiger partial charge in [0.25, 0.3) is 5.97 Å². The van der Waals surface area contributed by atoms with E-state index in [1.807, 2.05) is 6.92 Å². The lowest BCUT2D eigenvalue weighted by molar-refractivity contribution is -0.548. The molecular formula is C26H34O7. The molecule has 0 amide bonds. The summed E-state index contributed by atoms with van der Waals surface area (Å²) in [6.45, 7) is 6.36. The highest BCUT2D eigenvalue weighted by Crippen LogP contribution is 2.74. The van der Waals surface area contributed by atoms with Crippen molar-refractivity contribution in [2.75, 3.05) is 0 Å². The summed E-state index contributed by atoms with van der Waals surface area (Å²) in [7, 11) is 0. The van der Waals surface area contributed by atoms with E-state index in [-0.39, 0.29) is 41.0 Å². The zero-order valence-electron chi connectivity index (χ0n) is 19.6. The fraction of sp³-hybridized carbons (Fsp3) is 0.808. The maximum Gasteiger partial charge on any atom is 0.335 e. The van der Waals surface area contributed by atoms with Crippen LogP contribution in [0.25, 0.3) is 0 Å². The third kappa shape index (κ3) is 2.32. The Hall–Kier alpha value is -1.25. The molecule has 1 unspecified atom stereocenters. The van der Waals surface area contributed by atoms with Gasteiger partial charge in [0.2, 0.25) is 0 Å². The van der Waals surface area contributed by atoms with Crippen LogP contribution in [0.3, 0.4) is 0 Å². The Bertz CT molecular complexity index is 1050. The van der Waals surface area contributed by atoms with E-state index >= 15 is 0 Å².